The van der Waals surface area contributed by atoms with Crippen molar-refractivity contribution in [1.29, 1.82) is 0 Å². The monoisotopic (exact) mass is 282 g/mol. The number of para-hydroxylation sites is 1. The van der Waals surface area contributed by atoms with Crippen LogP contribution in [0.2, 0.25) is 0 Å². The zero-order valence-corrected chi connectivity index (χ0v) is 10.2. The Bertz CT molecular complexity index is 500. The number of hydrogen-bond acceptors (Lipinski definition) is 4. The Morgan fingerprint density at radius 2 is 1.83 bits per heavy atom. The Labute approximate surface area is 103 Å². The lowest BCUT2D eigenvalue weighted by atomic mass is 10.3. The molecule has 0 amide bonds. The van der Waals surface area contributed by atoms with Gasteiger partial charge < -0.3 is 11.1 Å². The summed E-state index contributed by atoms with van der Waals surface area (Å²) in [5, 5.41) is 2.63. The van der Waals surface area contributed by atoms with Crippen molar-refractivity contribution in [2.75, 3.05) is 18.4 Å². The van der Waals surface area contributed by atoms with Gasteiger partial charge in [-0.3, -0.25) is 0 Å². The van der Waals surface area contributed by atoms with E-state index in [-0.39, 0.29) is 5.69 Å². The highest BCUT2D eigenvalue weighted by Crippen LogP contribution is 2.34. The van der Waals surface area contributed by atoms with Gasteiger partial charge >= 0.3 is 5.51 Å². The van der Waals surface area contributed by atoms with Gasteiger partial charge in [0.2, 0.25) is 0 Å². The number of halogens is 3. The largest absolute Gasteiger partial charge is 0.501 e. The van der Waals surface area contributed by atoms with E-state index >= 15 is 0 Å². The molecule has 0 unspecified atom stereocenters. The molecule has 0 saturated carbocycles. The highest BCUT2D eigenvalue weighted by Gasteiger charge is 2.47. The first-order valence-electron chi connectivity index (χ1n) is 5.15. The summed E-state index contributed by atoms with van der Waals surface area (Å²) in [6.45, 7) is 0.669. The Morgan fingerprint density at radius 1 is 1.22 bits per heavy atom. The van der Waals surface area contributed by atoms with Gasteiger partial charge in [-0.05, 0) is 25.1 Å². The van der Waals surface area contributed by atoms with E-state index in [9.17, 15) is 21.6 Å². The molecule has 0 saturated heterocycles. The summed E-state index contributed by atoms with van der Waals surface area (Å²) in [4.78, 5) is -0.769. The van der Waals surface area contributed by atoms with Crippen LogP contribution in [0.15, 0.2) is 29.2 Å². The average Bonchev–Trinajstić information content (AvgIpc) is 2.28. The molecule has 0 aliphatic carbocycles. The van der Waals surface area contributed by atoms with Crippen LogP contribution in [-0.4, -0.2) is 27.0 Å². The fourth-order valence-electron chi connectivity index (χ4n) is 1.30. The zero-order valence-electron chi connectivity index (χ0n) is 9.37. The lowest BCUT2D eigenvalue weighted by Gasteiger charge is -2.13. The summed E-state index contributed by atoms with van der Waals surface area (Å²) in [5.74, 6) is 0. The molecule has 8 heteroatoms. The van der Waals surface area contributed by atoms with E-state index in [1.807, 2.05) is 0 Å². The number of hydrogen-bond donors (Lipinski definition) is 2. The van der Waals surface area contributed by atoms with Crippen LogP contribution >= 0.6 is 0 Å². The molecule has 0 aliphatic rings. The lowest BCUT2D eigenvalue weighted by molar-refractivity contribution is -0.0435. The molecule has 0 aliphatic heterocycles. The van der Waals surface area contributed by atoms with E-state index in [0.717, 1.165) is 6.07 Å². The first-order valence-corrected chi connectivity index (χ1v) is 6.63. The maximum absolute atomic E-state index is 12.5. The standard InChI is InChI=1S/C10H13F3N2O2S/c11-10(12,13)18(16,17)9-5-2-1-4-8(9)15-7-3-6-14/h1-2,4-5,15H,3,6-7,14H2. The summed E-state index contributed by atoms with van der Waals surface area (Å²) >= 11 is 0. The Kier molecular flexibility index (Phi) is 4.58. The maximum Gasteiger partial charge on any atom is 0.501 e. The number of benzene rings is 1. The Hall–Kier alpha value is -1.28. The molecule has 1 rings (SSSR count). The van der Waals surface area contributed by atoms with Gasteiger partial charge in [0.05, 0.1) is 10.6 Å². The van der Waals surface area contributed by atoms with Crippen molar-refractivity contribution < 1.29 is 21.6 Å². The first-order chi connectivity index (χ1) is 8.30. The molecule has 0 aromatic heterocycles. The van der Waals surface area contributed by atoms with E-state index in [4.69, 9.17) is 5.73 Å². The molecule has 3 N–H and O–H groups in total. The minimum atomic E-state index is -5.34. The van der Waals surface area contributed by atoms with Crippen LogP contribution in [0.1, 0.15) is 6.42 Å². The van der Waals surface area contributed by atoms with Crippen LogP contribution in [0.3, 0.4) is 0 Å². The SMILES string of the molecule is NCCCNc1ccccc1S(=O)(=O)C(F)(F)F. The Balaban J connectivity index is 3.10. The smallest absolute Gasteiger partial charge is 0.384 e. The predicted octanol–water partition coefficient (Wildman–Crippen LogP) is 1.74. The van der Waals surface area contributed by atoms with Gasteiger partial charge in [-0.15, -0.1) is 0 Å². The number of anilines is 1. The normalized spacial score (nSPS) is 12.4. The van der Waals surface area contributed by atoms with Crippen molar-refractivity contribution in [3.05, 3.63) is 24.3 Å². The molecule has 1 aromatic carbocycles. The van der Waals surface area contributed by atoms with Crippen molar-refractivity contribution in [3.63, 3.8) is 0 Å². The van der Waals surface area contributed by atoms with Gasteiger partial charge in [-0.25, -0.2) is 8.42 Å². The van der Waals surface area contributed by atoms with Crippen molar-refractivity contribution in [1.82, 2.24) is 0 Å². The van der Waals surface area contributed by atoms with E-state index < -0.39 is 20.2 Å². The highest BCUT2D eigenvalue weighted by atomic mass is 32.2. The number of rotatable bonds is 5. The van der Waals surface area contributed by atoms with E-state index in [1.165, 1.54) is 18.2 Å². The van der Waals surface area contributed by atoms with E-state index in [0.29, 0.717) is 19.5 Å². The fraction of sp³-hybridized carbons (Fsp3) is 0.400. The maximum atomic E-state index is 12.5. The lowest BCUT2D eigenvalue weighted by Crippen LogP contribution is -2.24. The van der Waals surface area contributed by atoms with Gasteiger partial charge in [0, 0.05) is 6.54 Å². The third-order valence-corrected chi connectivity index (χ3v) is 3.72. The number of sulfone groups is 1. The molecule has 0 bridgehead atoms. The second kappa shape index (κ2) is 5.57. The second-order valence-electron chi connectivity index (χ2n) is 3.51. The van der Waals surface area contributed by atoms with Crippen LogP contribution in [0.4, 0.5) is 18.9 Å². The Morgan fingerprint density at radius 3 is 2.39 bits per heavy atom. The van der Waals surface area contributed by atoms with Gasteiger partial charge in [-0.2, -0.15) is 13.2 Å². The van der Waals surface area contributed by atoms with E-state index in [2.05, 4.69) is 5.32 Å². The minimum Gasteiger partial charge on any atom is -0.384 e. The molecule has 0 atom stereocenters. The number of nitrogens with two attached hydrogens (primary N) is 1. The zero-order chi connectivity index (χ0) is 13.8. The molecule has 0 heterocycles. The second-order valence-corrected chi connectivity index (χ2v) is 5.42. The molecule has 0 radical (unpaired) electrons. The molecule has 1 aromatic rings. The number of nitrogens with one attached hydrogen (secondary N) is 1. The average molecular weight is 282 g/mol. The molecule has 0 spiro atoms. The first kappa shape index (κ1) is 14.8. The third-order valence-electron chi connectivity index (χ3n) is 2.18. The quantitative estimate of drug-likeness (QED) is 0.807. The van der Waals surface area contributed by atoms with Crippen LogP contribution in [0, 0.1) is 0 Å². The summed E-state index contributed by atoms with van der Waals surface area (Å²) in [6, 6.07) is 4.91. The third kappa shape index (κ3) is 3.14. The van der Waals surface area contributed by atoms with Crippen LogP contribution < -0.4 is 11.1 Å². The van der Waals surface area contributed by atoms with Crippen molar-refractivity contribution in [2.45, 2.75) is 16.8 Å². The molecule has 102 valence electrons. The summed E-state index contributed by atoms with van der Waals surface area (Å²) < 4.78 is 60.0. The van der Waals surface area contributed by atoms with Crippen molar-refractivity contribution >= 4 is 15.5 Å². The van der Waals surface area contributed by atoms with Crippen molar-refractivity contribution in [2.24, 2.45) is 5.73 Å². The number of alkyl halides is 3. The van der Waals surface area contributed by atoms with Gasteiger partial charge in [-0.1, -0.05) is 12.1 Å². The summed E-state index contributed by atoms with van der Waals surface area (Å²) in [7, 11) is -5.34. The fourth-order valence-corrected chi connectivity index (χ4v) is 2.23. The van der Waals surface area contributed by atoms with Gasteiger partial charge in [0.25, 0.3) is 9.84 Å². The molecular formula is C10H13F3N2O2S. The molecular weight excluding hydrogens is 269 g/mol. The van der Waals surface area contributed by atoms with Crippen LogP contribution in [0.5, 0.6) is 0 Å². The summed E-state index contributed by atoms with van der Waals surface area (Å²) in [6.07, 6.45) is 0.528. The topological polar surface area (TPSA) is 72.2 Å². The van der Waals surface area contributed by atoms with Gasteiger partial charge in [0.1, 0.15) is 0 Å². The predicted molar refractivity (Wildman–Crippen MR) is 61.8 cm³/mol. The minimum absolute atomic E-state index is 0.0664. The van der Waals surface area contributed by atoms with Gasteiger partial charge in [0.15, 0.2) is 0 Å². The van der Waals surface area contributed by atoms with Crippen LogP contribution in [0.25, 0.3) is 0 Å². The molecule has 18 heavy (non-hydrogen) atoms. The van der Waals surface area contributed by atoms with E-state index in [1.54, 1.807) is 0 Å². The highest BCUT2D eigenvalue weighted by molar-refractivity contribution is 7.92. The van der Waals surface area contributed by atoms with Crippen molar-refractivity contribution in [3.8, 4) is 0 Å². The van der Waals surface area contributed by atoms with Crippen LogP contribution in [-0.2, 0) is 9.84 Å². The summed E-state index contributed by atoms with van der Waals surface area (Å²) in [5.41, 5.74) is -0.126. The molecule has 0 fully saturated rings. The molecule has 4 nitrogen and oxygen atoms in total.